The summed E-state index contributed by atoms with van der Waals surface area (Å²) in [7, 11) is 0. The van der Waals surface area contributed by atoms with Crippen LogP contribution in [0, 0.1) is 0 Å². The van der Waals surface area contributed by atoms with E-state index < -0.39 is 0 Å². The number of hydrogen-bond donors (Lipinski definition) is 0. The Labute approximate surface area is 77.0 Å². The quantitative estimate of drug-likeness (QED) is 0.467. The molecule has 0 aliphatic carbocycles. The topological polar surface area (TPSA) is 0 Å². The molecule has 0 atom stereocenters. The zero-order valence-electron chi connectivity index (χ0n) is 7.08. The van der Waals surface area contributed by atoms with Gasteiger partial charge in [0.2, 0.25) is 0 Å². The van der Waals surface area contributed by atoms with Gasteiger partial charge < -0.3 is 0 Å². The van der Waals surface area contributed by atoms with Crippen molar-refractivity contribution in [2.45, 2.75) is 39.0 Å². The molecule has 0 saturated carbocycles. The lowest BCUT2D eigenvalue weighted by molar-refractivity contribution is 0.625. The van der Waals surface area contributed by atoms with Gasteiger partial charge >= 0.3 is 0 Å². The molecule has 0 radical (unpaired) electrons. The number of halogens is 2. The normalized spacial score (nSPS) is 12.1. The van der Waals surface area contributed by atoms with Crippen molar-refractivity contribution < 1.29 is 4.39 Å². The van der Waals surface area contributed by atoms with Crippen LogP contribution in [0.25, 0.3) is 0 Å². The molecule has 2 heteroatoms. The van der Waals surface area contributed by atoms with E-state index in [-0.39, 0.29) is 5.83 Å². The van der Waals surface area contributed by atoms with Gasteiger partial charge in [-0.25, -0.2) is 4.39 Å². The Balaban J connectivity index is 3.12. The molecule has 0 fully saturated rings. The molecule has 0 aliphatic rings. The maximum absolute atomic E-state index is 12.5. The standard InChI is InChI=1S/C9H16BrF/c1-2-3-4-5-6-7-9(11)8-10/h7H,2-6,8H2,1H3/b9-7-. The highest BCUT2D eigenvalue weighted by Gasteiger charge is 1.89. The van der Waals surface area contributed by atoms with Crippen molar-refractivity contribution in [1.82, 2.24) is 0 Å². The second kappa shape index (κ2) is 8.25. The van der Waals surface area contributed by atoms with E-state index in [0.717, 1.165) is 12.8 Å². The summed E-state index contributed by atoms with van der Waals surface area (Å²) in [6.45, 7) is 2.18. The molecule has 66 valence electrons. The van der Waals surface area contributed by atoms with E-state index in [2.05, 4.69) is 22.9 Å². The van der Waals surface area contributed by atoms with Crippen LogP contribution >= 0.6 is 15.9 Å². The van der Waals surface area contributed by atoms with Crippen molar-refractivity contribution in [3.63, 3.8) is 0 Å². The first-order valence-electron chi connectivity index (χ1n) is 4.21. The van der Waals surface area contributed by atoms with Crippen molar-refractivity contribution in [2.24, 2.45) is 0 Å². The summed E-state index contributed by atoms with van der Waals surface area (Å²) in [4.78, 5) is 0. The van der Waals surface area contributed by atoms with Gasteiger partial charge in [-0.2, -0.15) is 0 Å². The van der Waals surface area contributed by atoms with E-state index in [1.165, 1.54) is 19.3 Å². The predicted octanol–water partition coefficient (Wildman–Crippen LogP) is 4.21. The molecular formula is C9H16BrF. The Hall–Kier alpha value is 0.150. The van der Waals surface area contributed by atoms with Crippen molar-refractivity contribution >= 4 is 15.9 Å². The summed E-state index contributed by atoms with van der Waals surface area (Å²) in [6, 6.07) is 0. The van der Waals surface area contributed by atoms with E-state index in [4.69, 9.17) is 0 Å². The SMILES string of the molecule is CCCCCC/C=C(\F)CBr. The second-order valence-corrected chi connectivity index (χ2v) is 3.19. The number of unbranched alkanes of at least 4 members (excludes halogenated alkanes) is 4. The van der Waals surface area contributed by atoms with Gasteiger partial charge in [-0.1, -0.05) is 48.2 Å². The van der Waals surface area contributed by atoms with E-state index in [0.29, 0.717) is 5.33 Å². The summed E-state index contributed by atoms with van der Waals surface area (Å²) in [6.07, 6.45) is 7.41. The highest BCUT2D eigenvalue weighted by atomic mass is 79.9. The van der Waals surface area contributed by atoms with Crippen molar-refractivity contribution in [2.75, 3.05) is 5.33 Å². The van der Waals surface area contributed by atoms with Gasteiger partial charge in [0, 0.05) is 0 Å². The van der Waals surface area contributed by atoms with Gasteiger partial charge in [-0.15, -0.1) is 0 Å². The Kier molecular flexibility index (Phi) is 8.36. The third-order valence-corrected chi connectivity index (χ3v) is 2.09. The first-order chi connectivity index (χ1) is 5.31. The van der Waals surface area contributed by atoms with Crippen LogP contribution in [0.4, 0.5) is 4.39 Å². The maximum atomic E-state index is 12.5. The van der Waals surface area contributed by atoms with Crippen LogP contribution in [0.3, 0.4) is 0 Å². The van der Waals surface area contributed by atoms with Crippen molar-refractivity contribution in [3.05, 3.63) is 11.9 Å². The molecular weight excluding hydrogens is 207 g/mol. The summed E-state index contributed by atoms with van der Waals surface area (Å²) < 4.78 is 12.5. The average Bonchev–Trinajstić information content (AvgIpc) is 2.04. The van der Waals surface area contributed by atoms with Crippen LogP contribution in [0.5, 0.6) is 0 Å². The lowest BCUT2D eigenvalue weighted by Crippen LogP contribution is -1.77. The number of hydrogen-bond acceptors (Lipinski definition) is 0. The molecule has 0 saturated heterocycles. The summed E-state index contributed by atoms with van der Waals surface area (Å²) in [5.41, 5.74) is 0. The molecule has 0 spiro atoms. The highest BCUT2D eigenvalue weighted by Crippen LogP contribution is 2.07. The van der Waals surface area contributed by atoms with Crippen LogP contribution in [-0.2, 0) is 0 Å². The predicted molar refractivity (Wildman–Crippen MR) is 51.7 cm³/mol. The van der Waals surface area contributed by atoms with Crippen molar-refractivity contribution in [1.29, 1.82) is 0 Å². The first-order valence-corrected chi connectivity index (χ1v) is 5.34. The lowest BCUT2D eigenvalue weighted by atomic mass is 10.1. The third-order valence-electron chi connectivity index (χ3n) is 1.55. The molecule has 0 aromatic heterocycles. The highest BCUT2D eigenvalue weighted by molar-refractivity contribution is 9.09. The Morgan fingerprint density at radius 2 is 2.09 bits per heavy atom. The molecule has 0 heterocycles. The Bertz CT molecular complexity index is 110. The monoisotopic (exact) mass is 222 g/mol. The molecule has 0 nitrogen and oxygen atoms in total. The molecule has 0 N–H and O–H groups in total. The Morgan fingerprint density at radius 3 is 2.64 bits per heavy atom. The van der Waals surface area contributed by atoms with E-state index in [9.17, 15) is 4.39 Å². The minimum atomic E-state index is -0.0403. The first kappa shape index (κ1) is 11.2. The average molecular weight is 223 g/mol. The zero-order chi connectivity index (χ0) is 8.53. The molecule has 0 aromatic rings. The lowest BCUT2D eigenvalue weighted by Gasteiger charge is -1.94. The molecule has 0 amide bonds. The van der Waals surface area contributed by atoms with E-state index >= 15 is 0 Å². The maximum Gasteiger partial charge on any atom is 0.106 e. The summed E-state index contributed by atoms with van der Waals surface area (Å²) in [5, 5.41) is 0.362. The number of rotatable bonds is 6. The molecule has 0 rings (SSSR count). The summed E-state index contributed by atoms with van der Waals surface area (Å²) >= 11 is 3.05. The van der Waals surface area contributed by atoms with Gasteiger partial charge in [-0.05, 0) is 12.8 Å². The fourth-order valence-electron chi connectivity index (χ4n) is 0.884. The molecule has 11 heavy (non-hydrogen) atoms. The molecule has 0 bridgehead atoms. The van der Waals surface area contributed by atoms with Crippen LogP contribution < -0.4 is 0 Å². The van der Waals surface area contributed by atoms with Crippen LogP contribution in [0.1, 0.15) is 39.0 Å². The van der Waals surface area contributed by atoms with Gasteiger partial charge in [0.1, 0.15) is 5.83 Å². The van der Waals surface area contributed by atoms with E-state index in [1.54, 1.807) is 6.08 Å². The van der Waals surface area contributed by atoms with Gasteiger partial charge in [0.15, 0.2) is 0 Å². The van der Waals surface area contributed by atoms with E-state index in [1.807, 2.05) is 0 Å². The molecule has 0 aliphatic heterocycles. The fourth-order valence-corrected chi connectivity index (χ4v) is 1.11. The van der Waals surface area contributed by atoms with Crippen LogP contribution in [0.15, 0.2) is 11.9 Å². The fraction of sp³-hybridized carbons (Fsp3) is 0.778. The van der Waals surface area contributed by atoms with Gasteiger partial charge in [0.05, 0.1) is 5.33 Å². The van der Waals surface area contributed by atoms with Gasteiger partial charge in [-0.3, -0.25) is 0 Å². The Morgan fingerprint density at radius 1 is 1.36 bits per heavy atom. The summed E-state index contributed by atoms with van der Waals surface area (Å²) in [5.74, 6) is -0.0403. The van der Waals surface area contributed by atoms with Crippen LogP contribution in [-0.4, -0.2) is 5.33 Å². The zero-order valence-corrected chi connectivity index (χ0v) is 8.66. The second-order valence-electron chi connectivity index (χ2n) is 2.63. The third kappa shape index (κ3) is 8.05. The van der Waals surface area contributed by atoms with Gasteiger partial charge in [0.25, 0.3) is 0 Å². The van der Waals surface area contributed by atoms with Crippen LogP contribution in [0.2, 0.25) is 0 Å². The molecule has 0 aromatic carbocycles. The largest absolute Gasteiger partial charge is 0.211 e. The smallest absolute Gasteiger partial charge is 0.106 e. The minimum absolute atomic E-state index is 0.0403. The minimum Gasteiger partial charge on any atom is -0.211 e. The number of alkyl halides is 1. The van der Waals surface area contributed by atoms with Crippen molar-refractivity contribution in [3.8, 4) is 0 Å². The number of allylic oxidation sites excluding steroid dienone is 2. The molecule has 0 unspecified atom stereocenters.